The number of carbonyl (C=O) groups is 2. The third kappa shape index (κ3) is 8.29. The van der Waals surface area contributed by atoms with Crippen LogP contribution in [0.15, 0.2) is 85.5 Å². The SMILES string of the molecule is C=CCOCCOc1ccc(C(=O)Oc2ccc(-c3ccc(OC(=O)[C@@H](F)[C@@H](C)CC)cc3)cc2)cc1. The van der Waals surface area contributed by atoms with Gasteiger partial charge in [-0.2, -0.15) is 0 Å². The second kappa shape index (κ2) is 13.9. The minimum atomic E-state index is -1.65. The summed E-state index contributed by atoms with van der Waals surface area (Å²) in [5.74, 6) is -0.456. The number of carbonyl (C=O) groups excluding carboxylic acids is 2. The number of hydrogen-bond donors (Lipinski definition) is 0. The van der Waals surface area contributed by atoms with Gasteiger partial charge in [0.2, 0.25) is 0 Å². The zero-order chi connectivity index (χ0) is 26.6. The van der Waals surface area contributed by atoms with Crippen molar-refractivity contribution in [1.29, 1.82) is 0 Å². The summed E-state index contributed by atoms with van der Waals surface area (Å²) in [5.41, 5.74) is 2.13. The van der Waals surface area contributed by atoms with Crippen molar-refractivity contribution < 1.29 is 32.9 Å². The summed E-state index contributed by atoms with van der Waals surface area (Å²) in [7, 11) is 0. The van der Waals surface area contributed by atoms with E-state index < -0.39 is 24.0 Å². The van der Waals surface area contributed by atoms with Crippen LogP contribution < -0.4 is 14.2 Å². The molecule has 0 saturated heterocycles. The lowest BCUT2D eigenvalue weighted by Gasteiger charge is -2.13. The number of ether oxygens (including phenoxy) is 4. The third-order valence-electron chi connectivity index (χ3n) is 5.66. The molecule has 0 heterocycles. The standard InChI is InChI=1S/C30H31FO6/c1-4-18-34-19-20-35-25-12-10-24(11-13-25)29(32)36-26-14-6-22(7-15-26)23-8-16-27(17-9-23)37-30(33)28(31)21(3)5-2/h4,6-17,21,28H,1,5,18-20H2,2-3H3/t21-,28-/m0/s1. The summed E-state index contributed by atoms with van der Waals surface area (Å²) >= 11 is 0. The highest BCUT2D eigenvalue weighted by Crippen LogP contribution is 2.26. The molecule has 0 aliphatic rings. The van der Waals surface area contributed by atoms with Crippen LogP contribution in [0.3, 0.4) is 0 Å². The molecule has 0 bridgehead atoms. The summed E-state index contributed by atoms with van der Waals surface area (Å²) in [5, 5.41) is 0. The van der Waals surface area contributed by atoms with E-state index >= 15 is 0 Å². The number of esters is 2. The van der Waals surface area contributed by atoms with Crippen LogP contribution in [0.25, 0.3) is 11.1 Å². The lowest BCUT2D eigenvalue weighted by molar-refractivity contribution is -0.141. The molecule has 0 spiro atoms. The van der Waals surface area contributed by atoms with E-state index in [1.165, 1.54) is 0 Å². The van der Waals surface area contributed by atoms with E-state index in [-0.39, 0.29) is 5.75 Å². The van der Waals surface area contributed by atoms with Crippen molar-refractivity contribution in [2.24, 2.45) is 5.92 Å². The Hall–Kier alpha value is -3.97. The van der Waals surface area contributed by atoms with Crippen LogP contribution in [0.5, 0.6) is 17.2 Å². The van der Waals surface area contributed by atoms with Gasteiger partial charge in [-0.25, -0.2) is 14.0 Å². The summed E-state index contributed by atoms with van der Waals surface area (Å²) < 4.78 is 35.5. The van der Waals surface area contributed by atoms with Gasteiger partial charge < -0.3 is 18.9 Å². The molecule has 194 valence electrons. The first-order chi connectivity index (χ1) is 17.9. The van der Waals surface area contributed by atoms with Gasteiger partial charge in [-0.05, 0) is 65.6 Å². The number of benzene rings is 3. The lowest BCUT2D eigenvalue weighted by Crippen LogP contribution is -2.27. The summed E-state index contributed by atoms with van der Waals surface area (Å²) in [6.07, 6.45) is 0.568. The maximum absolute atomic E-state index is 14.0. The molecule has 37 heavy (non-hydrogen) atoms. The van der Waals surface area contributed by atoms with Crippen LogP contribution in [-0.2, 0) is 9.53 Å². The van der Waals surface area contributed by atoms with Gasteiger partial charge in [-0.1, -0.05) is 50.6 Å². The highest BCUT2D eigenvalue weighted by molar-refractivity contribution is 5.91. The average Bonchev–Trinajstić information content (AvgIpc) is 2.93. The predicted molar refractivity (Wildman–Crippen MR) is 140 cm³/mol. The van der Waals surface area contributed by atoms with Gasteiger partial charge in [0.25, 0.3) is 0 Å². The van der Waals surface area contributed by atoms with E-state index in [4.69, 9.17) is 18.9 Å². The summed E-state index contributed by atoms with van der Waals surface area (Å²) in [4.78, 5) is 24.4. The van der Waals surface area contributed by atoms with Gasteiger partial charge >= 0.3 is 11.9 Å². The Morgan fingerprint density at radius 1 is 0.838 bits per heavy atom. The van der Waals surface area contributed by atoms with E-state index in [1.807, 2.05) is 19.1 Å². The van der Waals surface area contributed by atoms with E-state index in [9.17, 15) is 14.0 Å². The van der Waals surface area contributed by atoms with Crippen molar-refractivity contribution in [3.05, 3.63) is 91.0 Å². The molecule has 2 atom stereocenters. The van der Waals surface area contributed by atoms with Crippen molar-refractivity contribution in [2.45, 2.75) is 26.4 Å². The first-order valence-electron chi connectivity index (χ1n) is 12.1. The monoisotopic (exact) mass is 506 g/mol. The fraction of sp³-hybridized carbons (Fsp3) is 0.267. The van der Waals surface area contributed by atoms with Crippen LogP contribution in [0.1, 0.15) is 30.6 Å². The molecule has 3 rings (SSSR count). The molecular formula is C30H31FO6. The Morgan fingerprint density at radius 3 is 1.92 bits per heavy atom. The maximum Gasteiger partial charge on any atom is 0.346 e. The Bertz CT molecular complexity index is 1160. The number of hydrogen-bond acceptors (Lipinski definition) is 6. The molecular weight excluding hydrogens is 475 g/mol. The number of halogens is 1. The maximum atomic E-state index is 14.0. The van der Waals surface area contributed by atoms with E-state index in [0.717, 1.165) is 11.1 Å². The zero-order valence-corrected chi connectivity index (χ0v) is 21.0. The minimum absolute atomic E-state index is 0.280. The summed E-state index contributed by atoms with van der Waals surface area (Å²) in [6, 6.07) is 20.5. The molecule has 0 aliphatic heterocycles. The second-order valence-corrected chi connectivity index (χ2v) is 8.38. The Balaban J connectivity index is 1.52. The summed E-state index contributed by atoms with van der Waals surface area (Å²) in [6.45, 7) is 8.39. The Morgan fingerprint density at radius 2 is 1.38 bits per heavy atom. The van der Waals surface area contributed by atoms with Crippen molar-refractivity contribution in [3.8, 4) is 28.4 Å². The van der Waals surface area contributed by atoms with Gasteiger partial charge in [-0.3, -0.25) is 0 Å². The quantitative estimate of drug-likeness (QED) is 0.115. The van der Waals surface area contributed by atoms with Crippen LogP contribution in [0.2, 0.25) is 0 Å². The van der Waals surface area contributed by atoms with Crippen molar-refractivity contribution >= 4 is 11.9 Å². The molecule has 0 unspecified atom stereocenters. The Kier molecular flexibility index (Phi) is 10.4. The normalized spacial score (nSPS) is 12.3. The number of rotatable bonds is 13. The highest BCUT2D eigenvalue weighted by atomic mass is 19.1. The molecule has 0 radical (unpaired) electrons. The largest absolute Gasteiger partial charge is 0.491 e. The van der Waals surface area contributed by atoms with E-state index in [1.54, 1.807) is 73.7 Å². The molecule has 0 aliphatic carbocycles. The molecule has 3 aromatic rings. The molecule has 3 aromatic carbocycles. The van der Waals surface area contributed by atoms with Crippen molar-refractivity contribution in [3.63, 3.8) is 0 Å². The molecule has 6 nitrogen and oxygen atoms in total. The van der Waals surface area contributed by atoms with Crippen LogP contribution >= 0.6 is 0 Å². The minimum Gasteiger partial charge on any atom is -0.491 e. The fourth-order valence-electron chi connectivity index (χ4n) is 3.28. The zero-order valence-electron chi connectivity index (χ0n) is 21.0. The van der Waals surface area contributed by atoms with Crippen molar-refractivity contribution in [1.82, 2.24) is 0 Å². The first kappa shape index (κ1) is 27.6. The lowest BCUT2D eigenvalue weighted by atomic mass is 10.0. The fourth-order valence-corrected chi connectivity index (χ4v) is 3.28. The third-order valence-corrected chi connectivity index (χ3v) is 5.66. The molecule has 0 N–H and O–H groups in total. The van der Waals surface area contributed by atoms with Crippen LogP contribution in [0, 0.1) is 5.92 Å². The van der Waals surface area contributed by atoms with Gasteiger partial charge in [0.1, 0.15) is 23.9 Å². The van der Waals surface area contributed by atoms with Crippen LogP contribution in [0.4, 0.5) is 4.39 Å². The van der Waals surface area contributed by atoms with Gasteiger partial charge in [0.15, 0.2) is 6.17 Å². The topological polar surface area (TPSA) is 71.1 Å². The predicted octanol–water partition coefficient (Wildman–Crippen LogP) is 6.44. The van der Waals surface area contributed by atoms with E-state index in [0.29, 0.717) is 43.3 Å². The van der Waals surface area contributed by atoms with Crippen LogP contribution in [-0.4, -0.2) is 37.9 Å². The molecule has 0 amide bonds. The van der Waals surface area contributed by atoms with Gasteiger partial charge in [0, 0.05) is 0 Å². The van der Waals surface area contributed by atoms with E-state index in [2.05, 4.69) is 6.58 Å². The Labute approximate surface area is 216 Å². The molecule has 0 saturated carbocycles. The molecule has 0 fully saturated rings. The smallest absolute Gasteiger partial charge is 0.346 e. The number of alkyl halides is 1. The average molecular weight is 507 g/mol. The first-order valence-corrected chi connectivity index (χ1v) is 12.1. The van der Waals surface area contributed by atoms with Gasteiger partial charge in [-0.15, -0.1) is 6.58 Å². The van der Waals surface area contributed by atoms with Crippen molar-refractivity contribution in [2.75, 3.05) is 19.8 Å². The molecule has 7 heteroatoms. The molecule has 0 aromatic heterocycles. The van der Waals surface area contributed by atoms with Gasteiger partial charge in [0.05, 0.1) is 18.8 Å². The highest BCUT2D eigenvalue weighted by Gasteiger charge is 2.25. The second-order valence-electron chi connectivity index (χ2n) is 8.38.